The highest BCUT2D eigenvalue weighted by Crippen LogP contribution is 2.62. The van der Waals surface area contributed by atoms with Crippen molar-refractivity contribution >= 4 is 11.8 Å². The van der Waals surface area contributed by atoms with Crippen LogP contribution in [0.15, 0.2) is 234 Å². The molecule has 12 rings (SSSR count). The van der Waals surface area contributed by atoms with Gasteiger partial charge in [0.1, 0.15) is 0 Å². The van der Waals surface area contributed by atoms with E-state index in [2.05, 4.69) is 212 Å². The molecule has 0 radical (unpaired) electrons. The van der Waals surface area contributed by atoms with E-state index < -0.39 is 5.41 Å². The quantitative estimate of drug-likeness (QED) is 0.168. The molecule has 2 heterocycles. The number of hydrogen-bond donors (Lipinski definition) is 0. The number of rotatable bonds is 6. The highest BCUT2D eigenvalue weighted by molar-refractivity contribution is 7.99. The second-order valence-corrected chi connectivity index (χ2v) is 17.0. The summed E-state index contributed by atoms with van der Waals surface area (Å²) in [6.07, 6.45) is 0. The Morgan fingerprint density at radius 2 is 0.645 bits per heavy atom. The summed E-state index contributed by atoms with van der Waals surface area (Å²) in [7, 11) is 0. The van der Waals surface area contributed by atoms with Crippen molar-refractivity contribution in [3.63, 3.8) is 0 Å². The van der Waals surface area contributed by atoms with Gasteiger partial charge in [-0.1, -0.05) is 224 Å². The highest BCUT2D eigenvalue weighted by Gasteiger charge is 2.50. The van der Waals surface area contributed by atoms with Gasteiger partial charge in [0.2, 0.25) is 0 Å². The molecule has 0 fully saturated rings. The molecule has 290 valence electrons. The predicted molar refractivity (Wildman–Crippen MR) is 254 cm³/mol. The van der Waals surface area contributed by atoms with Gasteiger partial charge in [-0.3, -0.25) is 0 Å². The van der Waals surface area contributed by atoms with Gasteiger partial charge in [-0.15, -0.1) is 0 Å². The zero-order valence-corrected chi connectivity index (χ0v) is 34.4. The smallest absolute Gasteiger partial charge is 0.164 e. The van der Waals surface area contributed by atoms with E-state index in [0.29, 0.717) is 17.5 Å². The van der Waals surface area contributed by atoms with E-state index in [-0.39, 0.29) is 0 Å². The van der Waals surface area contributed by atoms with Gasteiger partial charge in [0.25, 0.3) is 0 Å². The largest absolute Gasteiger partial charge is 0.208 e. The Labute approximate surface area is 365 Å². The van der Waals surface area contributed by atoms with Crippen LogP contribution in [0.25, 0.3) is 78.7 Å². The van der Waals surface area contributed by atoms with Gasteiger partial charge in [0.05, 0.1) is 5.41 Å². The fourth-order valence-electron chi connectivity index (χ4n) is 9.60. The minimum absolute atomic E-state index is 0.424. The monoisotopic (exact) mass is 807 g/mol. The fraction of sp³-hybridized carbons (Fsp3) is 0.0172. The van der Waals surface area contributed by atoms with Crippen molar-refractivity contribution in [3.05, 3.63) is 247 Å². The summed E-state index contributed by atoms with van der Waals surface area (Å²) in [5, 5.41) is 0. The second kappa shape index (κ2) is 14.8. The molecule has 2 aliphatic rings. The number of nitrogens with zero attached hydrogens (tertiary/aromatic N) is 3. The van der Waals surface area contributed by atoms with E-state index in [1.54, 1.807) is 0 Å². The molecule has 3 nitrogen and oxygen atoms in total. The van der Waals surface area contributed by atoms with Crippen LogP contribution in [-0.2, 0) is 5.41 Å². The average Bonchev–Trinajstić information content (AvgIpc) is 3.65. The molecule has 10 aromatic rings. The fourth-order valence-corrected chi connectivity index (χ4v) is 10.8. The Morgan fingerprint density at radius 1 is 0.258 bits per heavy atom. The van der Waals surface area contributed by atoms with Gasteiger partial charge in [-0.05, 0) is 78.9 Å². The van der Waals surface area contributed by atoms with Crippen molar-refractivity contribution in [2.45, 2.75) is 15.2 Å². The lowest BCUT2D eigenvalue weighted by Gasteiger charge is -2.39. The third-order valence-corrected chi connectivity index (χ3v) is 13.6. The maximum Gasteiger partial charge on any atom is 0.164 e. The Hall–Kier alpha value is -7.66. The van der Waals surface area contributed by atoms with Gasteiger partial charge in [-0.2, -0.15) is 0 Å². The first-order valence-electron chi connectivity index (χ1n) is 21.0. The lowest BCUT2D eigenvalue weighted by Crippen LogP contribution is -2.31. The molecule has 1 aliphatic carbocycles. The summed E-state index contributed by atoms with van der Waals surface area (Å²) >= 11 is 1.86. The first-order chi connectivity index (χ1) is 30.7. The Bertz CT molecular complexity index is 3160. The molecule has 9 aromatic carbocycles. The minimum Gasteiger partial charge on any atom is -0.208 e. The number of hydrogen-bond acceptors (Lipinski definition) is 4. The molecule has 1 spiro atoms. The zero-order chi connectivity index (χ0) is 41.0. The third-order valence-electron chi connectivity index (χ3n) is 12.5. The molecule has 62 heavy (non-hydrogen) atoms. The highest BCUT2D eigenvalue weighted by atomic mass is 32.2. The predicted octanol–water partition coefficient (Wildman–Crippen LogP) is 14.7. The van der Waals surface area contributed by atoms with Crippen LogP contribution in [0.1, 0.15) is 22.3 Å². The van der Waals surface area contributed by atoms with E-state index in [0.717, 1.165) is 38.9 Å². The number of fused-ring (bicyclic) bond motifs is 9. The lowest BCUT2D eigenvalue weighted by molar-refractivity contribution is 0.722. The van der Waals surface area contributed by atoms with Crippen LogP contribution in [0.4, 0.5) is 0 Å². The summed E-state index contributed by atoms with van der Waals surface area (Å²) in [6.45, 7) is 0. The van der Waals surface area contributed by atoms with E-state index >= 15 is 0 Å². The van der Waals surface area contributed by atoms with Gasteiger partial charge >= 0.3 is 0 Å². The minimum atomic E-state index is -0.424. The first-order valence-corrected chi connectivity index (χ1v) is 21.8. The van der Waals surface area contributed by atoms with E-state index in [9.17, 15) is 0 Å². The summed E-state index contributed by atoms with van der Waals surface area (Å²) in [5.74, 6) is 1.89. The molecule has 0 unspecified atom stereocenters. The summed E-state index contributed by atoms with van der Waals surface area (Å²) in [4.78, 5) is 18.2. The van der Waals surface area contributed by atoms with Crippen LogP contribution >= 0.6 is 11.8 Å². The topological polar surface area (TPSA) is 38.7 Å². The van der Waals surface area contributed by atoms with Crippen LogP contribution in [-0.4, -0.2) is 15.0 Å². The molecule has 0 N–H and O–H groups in total. The third kappa shape index (κ3) is 5.87. The first kappa shape index (κ1) is 36.2. The second-order valence-electron chi connectivity index (χ2n) is 15.9. The molecule has 0 bridgehead atoms. The molecule has 0 saturated carbocycles. The van der Waals surface area contributed by atoms with Gasteiger partial charge in [0, 0.05) is 26.5 Å². The van der Waals surface area contributed by atoms with E-state index in [1.165, 1.54) is 54.3 Å². The van der Waals surface area contributed by atoms with Crippen molar-refractivity contribution in [1.29, 1.82) is 0 Å². The van der Waals surface area contributed by atoms with Crippen LogP contribution in [0.2, 0.25) is 0 Å². The van der Waals surface area contributed by atoms with Crippen LogP contribution < -0.4 is 0 Å². The van der Waals surface area contributed by atoms with Crippen molar-refractivity contribution in [3.8, 4) is 78.7 Å². The van der Waals surface area contributed by atoms with Crippen molar-refractivity contribution in [2.24, 2.45) is 0 Å². The van der Waals surface area contributed by atoms with Gasteiger partial charge in [0.15, 0.2) is 17.5 Å². The molecule has 1 aromatic heterocycles. The maximum atomic E-state index is 5.25. The maximum absolute atomic E-state index is 5.25. The van der Waals surface area contributed by atoms with Crippen LogP contribution in [0.3, 0.4) is 0 Å². The Balaban J connectivity index is 1.01. The van der Waals surface area contributed by atoms with Gasteiger partial charge < -0.3 is 0 Å². The zero-order valence-electron chi connectivity index (χ0n) is 33.6. The molecular weight excluding hydrogens is 771 g/mol. The van der Waals surface area contributed by atoms with Crippen LogP contribution in [0.5, 0.6) is 0 Å². The van der Waals surface area contributed by atoms with Crippen molar-refractivity contribution in [2.75, 3.05) is 0 Å². The number of aromatic nitrogens is 3. The Kier molecular flexibility index (Phi) is 8.65. The lowest BCUT2D eigenvalue weighted by atomic mass is 9.67. The normalized spacial score (nSPS) is 12.9. The molecule has 0 atom stereocenters. The number of benzene rings is 9. The summed E-state index contributed by atoms with van der Waals surface area (Å²) in [6, 6.07) is 80.4. The molecular formula is C58H37N3S. The standard InChI is InChI=1S/C58H37N3S/c1-3-15-38(16-4-1)40-27-31-42(32-28-40)55-59-56(43-33-29-41(30-34-43)39-17-5-2-6-18-39)61-57(60-55)48-22-8-7-19-45(48)44-35-36-52-54(37-44)62-53-26-14-13-25-51(53)58(52)49-23-11-9-20-46(49)47-21-10-12-24-50(47)58/h1-37H. The van der Waals surface area contributed by atoms with Crippen molar-refractivity contribution in [1.82, 2.24) is 15.0 Å². The molecule has 1 aliphatic heterocycles. The molecule has 0 saturated heterocycles. The molecule has 4 heteroatoms. The van der Waals surface area contributed by atoms with Crippen molar-refractivity contribution < 1.29 is 0 Å². The Morgan fingerprint density at radius 3 is 1.21 bits per heavy atom. The van der Waals surface area contributed by atoms with Gasteiger partial charge in [-0.25, -0.2) is 15.0 Å². The molecule has 0 amide bonds. The summed E-state index contributed by atoms with van der Waals surface area (Å²) < 4.78 is 0. The SMILES string of the molecule is c1ccc(-c2ccc(-c3nc(-c4ccc(-c5ccccc5)cc4)nc(-c4ccccc4-c4ccc5c(c4)Sc4ccccc4C54c5ccccc5-c5ccccc54)n3)cc2)cc1. The van der Waals surface area contributed by atoms with Crippen LogP contribution in [0, 0.1) is 0 Å². The summed E-state index contributed by atoms with van der Waals surface area (Å²) in [5.41, 5.74) is 17.1. The average molecular weight is 808 g/mol. The van der Waals surface area contributed by atoms with E-state index in [4.69, 9.17) is 15.0 Å². The van der Waals surface area contributed by atoms with E-state index in [1.807, 2.05) is 23.9 Å².